The van der Waals surface area contributed by atoms with E-state index in [0.717, 1.165) is 37.6 Å². The van der Waals surface area contributed by atoms with Crippen LogP contribution in [-0.2, 0) is 6.42 Å². The van der Waals surface area contributed by atoms with Gasteiger partial charge >= 0.3 is 0 Å². The summed E-state index contributed by atoms with van der Waals surface area (Å²) in [6.45, 7) is 6.48. The molecule has 0 aliphatic carbocycles. The zero-order chi connectivity index (χ0) is 13.5. The number of aromatic nitrogens is 2. The van der Waals surface area contributed by atoms with E-state index in [0.29, 0.717) is 5.82 Å². The minimum atomic E-state index is 0.551. The van der Waals surface area contributed by atoms with Gasteiger partial charge in [0, 0.05) is 50.2 Å². The fraction of sp³-hybridized carbons (Fsp3) is 0.692. The van der Waals surface area contributed by atoms with E-state index >= 15 is 0 Å². The summed E-state index contributed by atoms with van der Waals surface area (Å²) in [5.74, 6) is 4.74. The van der Waals surface area contributed by atoms with Crippen molar-refractivity contribution < 1.29 is 0 Å². The van der Waals surface area contributed by atoms with Gasteiger partial charge in [-0.05, 0) is 6.42 Å². The summed E-state index contributed by atoms with van der Waals surface area (Å²) < 4.78 is 0. The van der Waals surface area contributed by atoms with Gasteiger partial charge in [0.2, 0.25) is 0 Å². The zero-order valence-electron chi connectivity index (χ0n) is 11.6. The Morgan fingerprint density at radius 1 is 1.37 bits per heavy atom. The second kappa shape index (κ2) is 7.55. The van der Waals surface area contributed by atoms with E-state index in [1.807, 2.05) is 17.8 Å². The lowest BCUT2D eigenvalue weighted by atomic mass is 10.3. The summed E-state index contributed by atoms with van der Waals surface area (Å²) in [7, 11) is 0. The summed E-state index contributed by atoms with van der Waals surface area (Å²) in [4.78, 5) is 11.2. The number of nitrogens with zero attached hydrogens (tertiary/aromatic N) is 3. The standard InChI is InChI=1S/C13H23N5S/c1-2-3-12-16-11(14)10-13(17-12)15-4-5-18-6-8-19-9-7-18/h10H,2-9H2,1H3,(H3,14,15,16,17). The molecular formula is C13H23N5S. The lowest BCUT2D eigenvalue weighted by molar-refractivity contribution is 0.314. The molecule has 5 nitrogen and oxygen atoms in total. The van der Waals surface area contributed by atoms with E-state index in [1.165, 1.54) is 24.6 Å². The number of nitrogens with one attached hydrogen (secondary N) is 1. The van der Waals surface area contributed by atoms with Crippen molar-refractivity contribution in [2.24, 2.45) is 0 Å². The van der Waals surface area contributed by atoms with Crippen LogP contribution in [0.15, 0.2) is 6.07 Å². The first kappa shape index (κ1) is 14.4. The number of anilines is 2. The molecule has 0 saturated carbocycles. The van der Waals surface area contributed by atoms with Gasteiger partial charge in [-0.3, -0.25) is 4.90 Å². The summed E-state index contributed by atoms with van der Waals surface area (Å²) in [6.07, 6.45) is 1.91. The molecule has 1 aliphatic heterocycles. The lowest BCUT2D eigenvalue weighted by Crippen LogP contribution is -2.36. The largest absolute Gasteiger partial charge is 0.384 e. The predicted octanol–water partition coefficient (Wildman–Crippen LogP) is 1.47. The van der Waals surface area contributed by atoms with Crippen LogP contribution in [-0.4, -0.2) is 52.6 Å². The zero-order valence-corrected chi connectivity index (χ0v) is 12.4. The molecular weight excluding hydrogens is 258 g/mol. The fourth-order valence-corrected chi connectivity index (χ4v) is 3.09. The van der Waals surface area contributed by atoms with Crippen LogP contribution >= 0.6 is 11.8 Å². The topological polar surface area (TPSA) is 67.1 Å². The van der Waals surface area contributed by atoms with E-state index in [2.05, 4.69) is 27.1 Å². The highest BCUT2D eigenvalue weighted by Crippen LogP contribution is 2.11. The molecule has 106 valence electrons. The summed E-state index contributed by atoms with van der Waals surface area (Å²) in [5.41, 5.74) is 5.80. The Hall–Kier alpha value is -1.01. The van der Waals surface area contributed by atoms with Crippen molar-refractivity contribution >= 4 is 23.4 Å². The van der Waals surface area contributed by atoms with Crippen molar-refractivity contribution in [1.29, 1.82) is 0 Å². The molecule has 1 aliphatic rings. The maximum absolute atomic E-state index is 5.80. The van der Waals surface area contributed by atoms with E-state index < -0.39 is 0 Å². The van der Waals surface area contributed by atoms with Crippen LogP contribution in [0.4, 0.5) is 11.6 Å². The number of nitrogens with two attached hydrogens (primary N) is 1. The highest BCUT2D eigenvalue weighted by molar-refractivity contribution is 7.99. The molecule has 0 bridgehead atoms. The SMILES string of the molecule is CCCc1nc(N)cc(NCCN2CCSCC2)n1. The molecule has 2 rings (SSSR count). The molecule has 2 heterocycles. The van der Waals surface area contributed by atoms with Gasteiger partial charge in [0.15, 0.2) is 0 Å². The van der Waals surface area contributed by atoms with Crippen LogP contribution in [0, 0.1) is 0 Å². The quantitative estimate of drug-likeness (QED) is 0.823. The average Bonchev–Trinajstić information content (AvgIpc) is 2.40. The average molecular weight is 281 g/mol. The lowest BCUT2D eigenvalue weighted by Gasteiger charge is -2.26. The van der Waals surface area contributed by atoms with Crippen molar-refractivity contribution in [3.8, 4) is 0 Å². The molecule has 0 unspecified atom stereocenters. The predicted molar refractivity (Wildman–Crippen MR) is 82.7 cm³/mol. The van der Waals surface area contributed by atoms with Gasteiger partial charge < -0.3 is 11.1 Å². The molecule has 19 heavy (non-hydrogen) atoms. The first-order valence-electron chi connectivity index (χ1n) is 6.95. The normalized spacial score (nSPS) is 16.5. The Balaban J connectivity index is 1.81. The molecule has 0 spiro atoms. The van der Waals surface area contributed by atoms with Crippen molar-refractivity contribution in [2.75, 3.05) is 48.7 Å². The minimum absolute atomic E-state index is 0.551. The Kier molecular flexibility index (Phi) is 5.72. The van der Waals surface area contributed by atoms with Crippen molar-refractivity contribution in [1.82, 2.24) is 14.9 Å². The van der Waals surface area contributed by atoms with E-state index in [9.17, 15) is 0 Å². The van der Waals surface area contributed by atoms with Crippen LogP contribution in [0.3, 0.4) is 0 Å². The molecule has 3 N–H and O–H groups in total. The number of thioether (sulfide) groups is 1. The van der Waals surface area contributed by atoms with Gasteiger partial charge in [0.05, 0.1) is 0 Å². The molecule has 0 radical (unpaired) electrons. The highest BCUT2D eigenvalue weighted by Gasteiger charge is 2.09. The van der Waals surface area contributed by atoms with Crippen molar-refractivity contribution in [2.45, 2.75) is 19.8 Å². The van der Waals surface area contributed by atoms with Gasteiger partial charge in [0.1, 0.15) is 17.5 Å². The Bertz CT molecular complexity index is 393. The van der Waals surface area contributed by atoms with Crippen molar-refractivity contribution in [3.63, 3.8) is 0 Å². The van der Waals surface area contributed by atoms with Gasteiger partial charge in [-0.2, -0.15) is 11.8 Å². The molecule has 1 aromatic heterocycles. The second-order valence-electron chi connectivity index (χ2n) is 4.73. The molecule has 1 aromatic rings. The van der Waals surface area contributed by atoms with Crippen LogP contribution in [0.2, 0.25) is 0 Å². The number of hydrogen-bond acceptors (Lipinski definition) is 6. The van der Waals surface area contributed by atoms with Crippen LogP contribution in [0.1, 0.15) is 19.2 Å². The van der Waals surface area contributed by atoms with Gasteiger partial charge in [0.25, 0.3) is 0 Å². The van der Waals surface area contributed by atoms with E-state index in [4.69, 9.17) is 5.73 Å². The minimum Gasteiger partial charge on any atom is -0.384 e. The van der Waals surface area contributed by atoms with Crippen LogP contribution in [0.25, 0.3) is 0 Å². The first-order valence-corrected chi connectivity index (χ1v) is 8.11. The third-order valence-electron chi connectivity index (χ3n) is 3.10. The molecule has 6 heteroatoms. The maximum Gasteiger partial charge on any atom is 0.133 e. The Labute approximate surface area is 119 Å². The highest BCUT2D eigenvalue weighted by atomic mass is 32.2. The Morgan fingerprint density at radius 3 is 2.89 bits per heavy atom. The van der Waals surface area contributed by atoms with Gasteiger partial charge in [-0.25, -0.2) is 9.97 Å². The van der Waals surface area contributed by atoms with Gasteiger partial charge in [-0.1, -0.05) is 6.92 Å². The maximum atomic E-state index is 5.80. The third kappa shape index (κ3) is 4.87. The Morgan fingerprint density at radius 2 is 2.16 bits per heavy atom. The first-order chi connectivity index (χ1) is 9.28. The summed E-state index contributed by atoms with van der Waals surface area (Å²) in [5, 5.41) is 3.35. The number of hydrogen-bond donors (Lipinski definition) is 2. The van der Waals surface area contributed by atoms with E-state index in [1.54, 1.807) is 0 Å². The van der Waals surface area contributed by atoms with Crippen molar-refractivity contribution in [3.05, 3.63) is 11.9 Å². The third-order valence-corrected chi connectivity index (χ3v) is 4.05. The molecule has 1 saturated heterocycles. The smallest absolute Gasteiger partial charge is 0.133 e. The molecule has 0 aromatic carbocycles. The summed E-state index contributed by atoms with van der Waals surface area (Å²) >= 11 is 2.04. The monoisotopic (exact) mass is 281 g/mol. The number of rotatable bonds is 6. The number of aryl methyl sites for hydroxylation is 1. The van der Waals surface area contributed by atoms with Gasteiger partial charge in [-0.15, -0.1) is 0 Å². The van der Waals surface area contributed by atoms with Crippen LogP contribution < -0.4 is 11.1 Å². The molecule has 0 amide bonds. The fourth-order valence-electron chi connectivity index (χ4n) is 2.11. The van der Waals surface area contributed by atoms with E-state index in [-0.39, 0.29) is 0 Å². The second-order valence-corrected chi connectivity index (χ2v) is 5.95. The number of nitrogen functional groups attached to an aromatic ring is 1. The molecule has 0 atom stereocenters. The van der Waals surface area contributed by atoms with Crippen LogP contribution in [0.5, 0.6) is 0 Å². The summed E-state index contributed by atoms with van der Waals surface area (Å²) in [6, 6.07) is 1.81. The molecule has 1 fully saturated rings.